The number of halogens is 1. The van der Waals surface area contributed by atoms with E-state index < -0.39 is 0 Å². The fourth-order valence-corrected chi connectivity index (χ4v) is 2.74. The Bertz CT molecular complexity index is 469. The fraction of sp³-hybridized carbons (Fsp3) is 0.300. The van der Waals surface area contributed by atoms with Gasteiger partial charge in [0.1, 0.15) is 0 Å². The Morgan fingerprint density at radius 3 is 3.00 bits per heavy atom. The molecule has 0 amide bonds. The molecule has 0 radical (unpaired) electrons. The van der Waals surface area contributed by atoms with Crippen molar-refractivity contribution >= 4 is 33.2 Å². The molecule has 2 aromatic rings. The SMILES string of the molecule is NCCC(N)c1nsc2cccc(Cl)c12. The van der Waals surface area contributed by atoms with E-state index >= 15 is 0 Å². The summed E-state index contributed by atoms with van der Waals surface area (Å²) in [6.07, 6.45) is 0.726. The van der Waals surface area contributed by atoms with Crippen LogP contribution in [-0.4, -0.2) is 10.9 Å². The first-order valence-electron chi connectivity index (χ1n) is 4.73. The summed E-state index contributed by atoms with van der Waals surface area (Å²) in [5.41, 5.74) is 12.3. The summed E-state index contributed by atoms with van der Waals surface area (Å²) in [6, 6.07) is 5.65. The van der Waals surface area contributed by atoms with Crippen molar-refractivity contribution in [1.29, 1.82) is 0 Å². The van der Waals surface area contributed by atoms with Crippen LogP contribution >= 0.6 is 23.1 Å². The largest absolute Gasteiger partial charge is 0.330 e. The highest BCUT2D eigenvalue weighted by atomic mass is 35.5. The van der Waals surface area contributed by atoms with Crippen LogP contribution in [0.15, 0.2) is 18.2 Å². The average Bonchev–Trinajstić information content (AvgIpc) is 2.63. The Kier molecular flexibility index (Phi) is 3.21. The van der Waals surface area contributed by atoms with Gasteiger partial charge in [0.25, 0.3) is 0 Å². The number of hydrogen-bond acceptors (Lipinski definition) is 4. The molecule has 0 aliphatic heterocycles. The molecule has 1 atom stereocenters. The van der Waals surface area contributed by atoms with Gasteiger partial charge in [0.05, 0.1) is 15.4 Å². The van der Waals surface area contributed by atoms with Crippen molar-refractivity contribution in [2.75, 3.05) is 6.54 Å². The summed E-state index contributed by atoms with van der Waals surface area (Å²) < 4.78 is 5.43. The number of nitrogens with two attached hydrogens (primary N) is 2. The van der Waals surface area contributed by atoms with E-state index in [1.54, 1.807) is 0 Å². The molecular weight excluding hydrogens is 230 g/mol. The topological polar surface area (TPSA) is 64.9 Å². The number of benzene rings is 1. The third kappa shape index (κ3) is 1.99. The normalized spacial score (nSPS) is 13.3. The van der Waals surface area contributed by atoms with Crippen LogP contribution in [0.5, 0.6) is 0 Å². The van der Waals surface area contributed by atoms with Gasteiger partial charge in [-0.25, -0.2) is 0 Å². The number of aromatic nitrogens is 1. The van der Waals surface area contributed by atoms with Gasteiger partial charge in [-0.05, 0) is 36.6 Å². The van der Waals surface area contributed by atoms with Crippen LogP contribution in [0.4, 0.5) is 0 Å². The first-order valence-corrected chi connectivity index (χ1v) is 5.88. The molecule has 0 aliphatic carbocycles. The van der Waals surface area contributed by atoms with E-state index in [1.165, 1.54) is 11.5 Å². The predicted octanol–water partition coefficient (Wildman–Crippen LogP) is 2.30. The van der Waals surface area contributed by atoms with Crippen molar-refractivity contribution in [3.05, 3.63) is 28.9 Å². The Labute approximate surface area is 97.2 Å². The smallest absolute Gasteiger partial charge is 0.0803 e. The second kappa shape index (κ2) is 4.45. The molecule has 0 spiro atoms. The monoisotopic (exact) mass is 241 g/mol. The molecule has 80 valence electrons. The van der Waals surface area contributed by atoms with Crippen LogP contribution in [0.1, 0.15) is 18.2 Å². The van der Waals surface area contributed by atoms with Crippen molar-refractivity contribution in [1.82, 2.24) is 4.37 Å². The van der Waals surface area contributed by atoms with Crippen molar-refractivity contribution in [3.63, 3.8) is 0 Å². The maximum Gasteiger partial charge on any atom is 0.0803 e. The molecule has 1 unspecified atom stereocenters. The van der Waals surface area contributed by atoms with Crippen molar-refractivity contribution in [3.8, 4) is 0 Å². The van der Waals surface area contributed by atoms with Gasteiger partial charge < -0.3 is 11.5 Å². The highest BCUT2D eigenvalue weighted by Gasteiger charge is 2.15. The molecule has 1 aromatic heterocycles. The van der Waals surface area contributed by atoms with E-state index in [0.29, 0.717) is 11.6 Å². The summed E-state index contributed by atoms with van der Waals surface area (Å²) in [5.74, 6) is 0. The average molecular weight is 242 g/mol. The second-order valence-corrected chi connectivity index (χ2v) is 4.58. The number of fused-ring (bicyclic) bond motifs is 1. The van der Waals surface area contributed by atoms with Crippen LogP contribution in [0.2, 0.25) is 5.02 Å². The van der Waals surface area contributed by atoms with Crippen molar-refractivity contribution in [2.45, 2.75) is 12.5 Å². The molecule has 3 nitrogen and oxygen atoms in total. The standard InChI is InChI=1S/C10H12ClN3S/c11-6-2-1-3-8-9(6)10(14-15-8)7(13)4-5-12/h1-3,7H,4-5,12-13H2. The summed E-state index contributed by atoms with van der Waals surface area (Å²) in [4.78, 5) is 0. The second-order valence-electron chi connectivity index (χ2n) is 3.36. The van der Waals surface area contributed by atoms with Gasteiger partial charge in [-0.3, -0.25) is 0 Å². The first kappa shape index (κ1) is 10.8. The molecule has 2 rings (SSSR count). The Morgan fingerprint density at radius 1 is 1.47 bits per heavy atom. The minimum absolute atomic E-state index is 0.122. The number of nitrogens with zero attached hydrogens (tertiary/aromatic N) is 1. The lowest BCUT2D eigenvalue weighted by atomic mass is 10.1. The fourth-order valence-electron chi connectivity index (χ4n) is 1.54. The van der Waals surface area contributed by atoms with Crippen LogP contribution in [-0.2, 0) is 0 Å². The maximum atomic E-state index is 6.13. The Hall–Kier alpha value is -0.680. The van der Waals surface area contributed by atoms with E-state index in [-0.39, 0.29) is 6.04 Å². The summed E-state index contributed by atoms with van der Waals surface area (Å²) in [7, 11) is 0. The van der Waals surface area contributed by atoms with E-state index in [1.807, 2.05) is 18.2 Å². The van der Waals surface area contributed by atoms with Gasteiger partial charge in [0.2, 0.25) is 0 Å². The summed E-state index contributed by atoms with van der Waals surface area (Å²) in [5, 5.41) is 1.69. The first-order chi connectivity index (χ1) is 7.24. The molecule has 0 bridgehead atoms. The van der Waals surface area contributed by atoms with Gasteiger partial charge in [0, 0.05) is 11.4 Å². The quantitative estimate of drug-likeness (QED) is 0.867. The number of hydrogen-bond donors (Lipinski definition) is 2. The highest BCUT2D eigenvalue weighted by molar-refractivity contribution is 7.13. The predicted molar refractivity (Wildman–Crippen MR) is 65.2 cm³/mol. The zero-order chi connectivity index (χ0) is 10.8. The zero-order valence-electron chi connectivity index (χ0n) is 8.11. The molecule has 1 heterocycles. The summed E-state index contributed by atoms with van der Waals surface area (Å²) in [6.45, 7) is 0.560. The third-order valence-electron chi connectivity index (χ3n) is 2.30. The van der Waals surface area contributed by atoms with Crippen molar-refractivity contribution < 1.29 is 0 Å². The van der Waals surface area contributed by atoms with Gasteiger partial charge in [-0.1, -0.05) is 17.7 Å². The van der Waals surface area contributed by atoms with Gasteiger partial charge >= 0.3 is 0 Å². The lowest BCUT2D eigenvalue weighted by molar-refractivity contribution is 0.654. The van der Waals surface area contributed by atoms with Crippen LogP contribution in [0.25, 0.3) is 10.1 Å². The van der Waals surface area contributed by atoms with Crippen LogP contribution < -0.4 is 11.5 Å². The number of rotatable bonds is 3. The molecule has 0 saturated heterocycles. The lowest BCUT2D eigenvalue weighted by Crippen LogP contribution is -2.15. The molecule has 4 N–H and O–H groups in total. The Balaban J connectivity index is 2.52. The highest BCUT2D eigenvalue weighted by Crippen LogP contribution is 2.32. The Morgan fingerprint density at radius 2 is 2.27 bits per heavy atom. The summed E-state index contributed by atoms with van der Waals surface area (Å²) >= 11 is 7.55. The van der Waals surface area contributed by atoms with Gasteiger partial charge in [-0.15, -0.1) is 0 Å². The molecule has 1 aromatic carbocycles. The van der Waals surface area contributed by atoms with Gasteiger partial charge in [0.15, 0.2) is 0 Å². The minimum Gasteiger partial charge on any atom is -0.330 e. The van der Waals surface area contributed by atoms with Gasteiger partial charge in [-0.2, -0.15) is 4.37 Å². The van der Waals surface area contributed by atoms with E-state index in [0.717, 1.165) is 22.2 Å². The van der Waals surface area contributed by atoms with E-state index in [4.69, 9.17) is 23.1 Å². The maximum absolute atomic E-state index is 6.13. The molecule has 0 fully saturated rings. The zero-order valence-corrected chi connectivity index (χ0v) is 9.68. The van der Waals surface area contributed by atoms with E-state index in [2.05, 4.69) is 4.37 Å². The van der Waals surface area contributed by atoms with E-state index in [9.17, 15) is 0 Å². The lowest BCUT2D eigenvalue weighted by Gasteiger charge is -2.07. The third-order valence-corrected chi connectivity index (χ3v) is 3.44. The van der Waals surface area contributed by atoms with Crippen LogP contribution in [0, 0.1) is 0 Å². The van der Waals surface area contributed by atoms with Crippen molar-refractivity contribution in [2.24, 2.45) is 11.5 Å². The molecule has 15 heavy (non-hydrogen) atoms. The molecule has 5 heteroatoms. The molecular formula is C10H12ClN3S. The van der Waals surface area contributed by atoms with Crippen LogP contribution in [0.3, 0.4) is 0 Å². The minimum atomic E-state index is -0.122. The molecule has 0 aliphatic rings. The molecule has 0 saturated carbocycles.